The number of ether oxygens (including phenoxy) is 1. The number of nitrogens with one attached hydrogen (secondary N) is 1. The van der Waals surface area contributed by atoms with E-state index in [0.717, 1.165) is 41.5 Å². The first kappa shape index (κ1) is 21.8. The van der Waals surface area contributed by atoms with Crippen molar-refractivity contribution < 1.29 is 18.3 Å². The van der Waals surface area contributed by atoms with Gasteiger partial charge in [0.25, 0.3) is 5.56 Å². The maximum absolute atomic E-state index is 13.1. The molecule has 0 aliphatic heterocycles. The summed E-state index contributed by atoms with van der Waals surface area (Å²) in [4.78, 5) is 32.2. The number of halogens is 2. The second kappa shape index (κ2) is 9.35. The molecule has 31 heavy (non-hydrogen) atoms. The Bertz CT molecular complexity index is 1160. The molecule has 164 valence electrons. The molecule has 10 heteroatoms. The van der Waals surface area contributed by atoms with Crippen molar-refractivity contribution in [3.63, 3.8) is 0 Å². The summed E-state index contributed by atoms with van der Waals surface area (Å²) in [6, 6.07) is 5.70. The molecule has 6 nitrogen and oxygen atoms in total. The lowest BCUT2D eigenvalue weighted by atomic mass is 9.97. The van der Waals surface area contributed by atoms with Gasteiger partial charge in [-0.3, -0.25) is 14.2 Å². The first-order chi connectivity index (χ1) is 15.0. The highest BCUT2D eigenvalue weighted by molar-refractivity contribution is 7.99. The third kappa shape index (κ3) is 4.74. The van der Waals surface area contributed by atoms with Crippen LogP contribution in [0.1, 0.15) is 30.2 Å². The molecule has 4 rings (SSSR count). The van der Waals surface area contributed by atoms with Gasteiger partial charge in [-0.2, -0.15) is 8.78 Å². The van der Waals surface area contributed by atoms with Crippen molar-refractivity contribution in [2.24, 2.45) is 0 Å². The Morgan fingerprint density at radius 1 is 1.29 bits per heavy atom. The molecule has 0 unspecified atom stereocenters. The molecule has 2 heterocycles. The molecule has 0 saturated heterocycles. The number of amides is 1. The Morgan fingerprint density at radius 2 is 2.03 bits per heavy atom. The molecule has 0 radical (unpaired) electrons. The van der Waals surface area contributed by atoms with Gasteiger partial charge in [0.2, 0.25) is 5.91 Å². The number of alkyl halides is 2. The smallest absolute Gasteiger partial charge is 0.387 e. The van der Waals surface area contributed by atoms with Crippen LogP contribution in [0.15, 0.2) is 34.2 Å². The van der Waals surface area contributed by atoms with Crippen molar-refractivity contribution in [2.75, 3.05) is 11.1 Å². The predicted octanol–water partition coefficient (Wildman–Crippen LogP) is 4.69. The molecule has 0 bridgehead atoms. The first-order valence-electron chi connectivity index (χ1n) is 9.99. The van der Waals surface area contributed by atoms with Crippen LogP contribution < -0.4 is 15.6 Å². The lowest BCUT2D eigenvalue weighted by Crippen LogP contribution is -2.24. The van der Waals surface area contributed by atoms with E-state index in [-0.39, 0.29) is 23.0 Å². The van der Waals surface area contributed by atoms with Gasteiger partial charge in [-0.25, -0.2) is 4.98 Å². The van der Waals surface area contributed by atoms with Gasteiger partial charge in [-0.1, -0.05) is 11.8 Å². The van der Waals surface area contributed by atoms with Crippen LogP contribution in [-0.4, -0.2) is 27.8 Å². The van der Waals surface area contributed by atoms with Gasteiger partial charge < -0.3 is 10.1 Å². The van der Waals surface area contributed by atoms with E-state index in [4.69, 9.17) is 4.98 Å². The van der Waals surface area contributed by atoms with E-state index in [1.807, 2.05) is 6.92 Å². The molecule has 1 aliphatic rings. The molecule has 1 aromatic carbocycles. The van der Waals surface area contributed by atoms with Gasteiger partial charge in [-0.05, 0) is 62.4 Å². The van der Waals surface area contributed by atoms with Crippen LogP contribution in [0.4, 0.5) is 14.5 Å². The maximum atomic E-state index is 13.1. The number of carbonyl (C=O) groups is 1. The molecule has 1 N–H and O–H groups in total. The van der Waals surface area contributed by atoms with E-state index in [2.05, 4.69) is 10.1 Å². The number of benzene rings is 1. The molecule has 2 aromatic heterocycles. The minimum absolute atomic E-state index is 0.0190. The number of nitrogens with zero attached hydrogens (tertiary/aromatic N) is 2. The van der Waals surface area contributed by atoms with Crippen molar-refractivity contribution >= 4 is 44.9 Å². The number of anilines is 1. The van der Waals surface area contributed by atoms with Crippen molar-refractivity contribution in [3.05, 3.63) is 45.1 Å². The summed E-state index contributed by atoms with van der Waals surface area (Å²) in [7, 11) is 0. The van der Waals surface area contributed by atoms with Gasteiger partial charge >= 0.3 is 6.61 Å². The molecule has 1 aliphatic carbocycles. The third-order valence-electron chi connectivity index (χ3n) is 5.05. The van der Waals surface area contributed by atoms with E-state index >= 15 is 0 Å². The number of rotatable bonds is 7. The van der Waals surface area contributed by atoms with E-state index < -0.39 is 6.61 Å². The SMILES string of the molecule is CCn1c(SCC(=O)Nc2ccc(OC(F)F)cc2)nc2sc3c(c2c1=O)CCCC3. The number of fused-ring (bicyclic) bond motifs is 3. The number of carbonyl (C=O) groups excluding carboxylic acids is 1. The monoisotopic (exact) mass is 465 g/mol. The van der Waals surface area contributed by atoms with Crippen LogP contribution in [0.3, 0.4) is 0 Å². The highest BCUT2D eigenvalue weighted by Gasteiger charge is 2.22. The van der Waals surface area contributed by atoms with Crippen LogP contribution in [0, 0.1) is 0 Å². The Hall–Kier alpha value is -2.46. The predicted molar refractivity (Wildman–Crippen MR) is 119 cm³/mol. The Labute approximate surface area is 185 Å². The van der Waals surface area contributed by atoms with Crippen molar-refractivity contribution in [2.45, 2.75) is 50.9 Å². The zero-order chi connectivity index (χ0) is 22.0. The number of aryl methyl sites for hydroxylation is 2. The quantitative estimate of drug-likeness (QED) is 0.405. The average molecular weight is 466 g/mol. The van der Waals surface area contributed by atoms with Crippen LogP contribution in [-0.2, 0) is 24.2 Å². The summed E-state index contributed by atoms with van der Waals surface area (Å²) in [5.41, 5.74) is 1.58. The average Bonchev–Trinajstić information content (AvgIpc) is 3.12. The van der Waals surface area contributed by atoms with Crippen LogP contribution in [0.2, 0.25) is 0 Å². The molecular formula is C21H21F2N3O3S2. The number of aromatic nitrogens is 2. The fourth-order valence-electron chi connectivity index (χ4n) is 3.66. The standard InChI is InChI=1S/C21H21F2N3O3S2/c1-2-26-19(28)17-14-5-3-4-6-15(14)31-18(17)25-21(26)30-11-16(27)24-12-7-9-13(10-8-12)29-20(22)23/h7-10,20H,2-6,11H2,1H3,(H,24,27). The number of thiophene rings is 1. The second-order valence-electron chi connectivity index (χ2n) is 7.07. The number of thioether (sulfide) groups is 1. The molecule has 1 amide bonds. The van der Waals surface area contributed by atoms with Gasteiger partial charge in [0, 0.05) is 17.1 Å². The number of hydrogen-bond acceptors (Lipinski definition) is 6. The Kier molecular flexibility index (Phi) is 6.57. The molecule has 0 fully saturated rings. The molecule has 0 atom stereocenters. The van der Waals surface area contributed by atoms with Crippen molar-refractivity contribution in [1.29, 1.82) is 0 Å². The lowest BCUT2D eigenvalue weighted by Gasteiger charge is -2.12. The maximum Gasteiger partial charge on any atom is 0.387 e. The minimum atomic E-state index is -2.90. The van der Waals surface area contributed by atoms with Crippen molar-refractivity contribution in [1.82, 2.24) is 9.55 Å². The van der Waals surface area contributed by atoms with Crippen LogP contribution >= 0.6 is 23.1 Å². The summed E-state index contributed by atoms with van der Waals surface area (Å²) in [6.45, 7) is -0.533. The van der Waals surface area contributed by atoms with Crippen LogP contribution in [0.25, 0.3) is 10.2 Å². The Morgan fingerprint density at radius 3 is 2.74 bits per heavy atom. The van der Waals surface area contributed by atoms with E-state index in [1.165, 1.54) is 40.9 Å². The number of hydrogen-bond donors (Lipinski definition) is 1. The van der Waals surface area contributed by atoms with E-state index in [9.17, 15) is 18.4 Å². The molecular weight excluding hydrogens is 444 g/mol. The van der Waals surface area contributed by atoms with Crippen LogP contribution in [0.5, 0.6) is 5.75 Å². The zero-order valence-corrected chi connectivity index (χ0v) is 18.5. The van der Waals surface area contributed by atoms with Gasteiger partial charge in [0.15, 0.2) is 5.16 Å². The topological polar surface area (TPSA) is 73.2 Å². The fraction of sp³-hybridized carbons (Fsp3) is 0.381. The lowest BCUT2D eigenvalue weighted by molar-refractivity contribution is -0.113. The summed E-state index contributed by atoms with van der Waals surface area (Å²) < 4.78 is 30.4. The summed E-state index contributed by atoms with van der Waals surface area (Å²) in [5.74, 6) is -0.196. The summed E-state index contributed by atoms with van der Waals surface area (Å²) >= 11 is 2.79. The fourth-order valence-corrected chi connectivity index (χ4v) is 5.82. The van der Waals surface area contributed by atoms with Gasteiger partial charge in [0.1, 0.15) is 10.6 Å². The van der Waals surface area contributed by atoms with E-state index in [1.54, 1.807) is 15.9 Å². The first-order valence-corrected chi connectivity index (χ1v) is 11.8. The highest BCUT2D eigenvalue weighted by Crippen LogP contribution is 2.34. The summed E-state index contributed by atoms with van der Waals surface area (Å²) in [6.07, 6.45) is 4.15. The van der Waals surface area contributed by atoms with E-state index in [0.29, 0.717) is 17.4 Å². The van der Waals surface area contributed by atoms with Gasteiger partial charge in [-0.15, -0.1) is 11.3 Å². The second-order valence-corrected chi connectivity index (χ2v) is 9.10. The third-order valence-corrected chi connectivity index (χ3v) is 7.21. The largest absolute Gasteiger partial charge is 0.435 e. The normalized spacial score (nSPS) is 13.4. The molecule has 0 spiro atoms. The van der Waals surface area contributed by atoms with Gasteiger partial charge in [0.05, 0.1) is 11.1 Å². The summed E-state index contributed by atoms with van der Waals surface area (Å²) in [5, 5.41) is 3.97. The minimum Gasteiger partial charge on any atom is -0.435 e. The van der Waals surface area contributed by atoms with Crippen molar-refractivity contribution in [3.8, 4) is 5.75 Å². The molecule has 3 aromatic rings. The Balaban J connectivity index is 1.48. The molecule has 0 saturated carbocycles. The zero-order valence-electron chi connectivity index (χ0n) is 16.8. The highest BCUT2D eigenvalue weighted by atomic mass is 32.2.